The topological polar surface area (TPSA) is 15.8 Å². The zero-order valence-electron chi connectivity index (χ0n) is 7.94. The summed E-state index contributed by atoms with van der Waals surface area (Å²) in [6, 6.07) is 13.1. The predicted octanol–water partition coefficient (Wildman–Crippen LogP) is 2.46. The average molecular weight is 325 g/mol. The Hall–Kier alpha value is -0.721. The van der Waals surface area contributed by atoms with Crippen molar-refractivity contribution in [2.24, 2.45) is 0 Å². The molecular formula is C12H9NSe2. The second kappa shape index (κ2) is 4.03. The number of hydrogen-bond donors (Lipinski definition) is 1. The molecule has 0 unspecified atom stereocenters. The van der Waals surface area contributed by atoms with Gasteiger partial charge in [-0.2, -0.15) is 0 Å². The number of aromatic amines is 1. The fraction of sp³-hybridized carbons (Fsp3) is 0. The van der Waals surface area contributed by atoms with Crippen molar-refractivity contribution < 1.29 is 0 Å². The minimum atomic E-state index is 0.523. The van der Waals surface area contributed by atoms with E-state index in [4.69, 9.17) is 0 Å². The van der Waals surface area contributed by atoms with Gasteiger partial charge in [0, 0.05) is 0 Å². The van der Waals surface area contributed by atoms with Gasteiger partial charge in [-0.1, -0.05) is 0 Å². The van der Waals surface area contributed by atoms with Crippen LogP contribution in [0.5, 0.6) is 0 Å². The van der Waals surface area contributed by atoms with Crippen LogP contribution in [0.25, 0.3) is 20.3 Å². The monoisotopic (exact) mass is 327 g/mol. The number of nitrogens with one attached hydrogen (secondary N) is 1. The van der Waals surface area contributed by atoms with Crippen LogP contribution in [0, 0.1) is 0 Å². The van der Waals surface area contributed by atoms with Crippen molar-refractivity contribution in [3.63, 3.8) is 0 Å². The fourth-order valence-corrected chi connectivity index (χ4v) is 4.51. The van der Waals surface area contributed by atoms with Crippen molar-refractivity contribution in [2.75, 3.05) is 0 Å². The molecular weight excluding hydrogens is 316 g/mol. The molecule has 15 heavy (non-hydrogen) atoms. The molecule has 0 aliphatic heterocycles. The molecule has 0 fully saturated rings. The van der Waals surface area contributed by atoms with E-state index < -0.39 is 0 Å². The minimum absolute atomic E-state index is 0.523. The van der Waals surface area contributed by atoms with Gasteiger partial charge in [0.25, 0.3) is 0 Å². The first-order valence-electron chi connectivity index (χ1n) is 4.70. The van der Waals surface area contributed by atoms with E-state index in [0.29, 0.717) is 29.0 Å². The molecule has 0 spiro atoms. The van der Waals surface area contributed by atoms with Gasteiger partial charge in [-0.25, -0.2) is 0 Å². The molecule has 0 atom stereocenters. The summed E-state index contributed by atoms with van der Waals surface area (Å²) in [6.07, 6.45) is 0. The molecule has 74 valence electrons. The molecule has 1 nitrogen and oxygen atoms in total. The van der Waals surface area contributed by atoms with Gasteiger partial charge in [0.1, 0.15) is 0 Å². The summed E-state index contributed by atoms with van der Waals surface area (Å²) < 4.78 is 2.90. The molecule has 0 saturated carbocycles. The Morgan fingerprint density at radius 1 is 0.733 bits per heavy atom. The van der Waals surface area contributed by atoms with Crippen molar-refractivity contribution >= 4 is 29.0 Å². The first-order chi connectivity index (χ1) is 7.43. The van der Waals surface area contributed by atoms with E-state index in [0.717, 1.165) is 0 Å². The van der Waals surface area contributed by atoms with Crippen LogP contribution in [0.1, 0.15) is 0 Å². The Kier molecular flexibility index (Phi) is 2.55. The number of aromatic nitrogens is 1. The Morgan fingerprint density at radius 3 is 1.67 bits per heavy atom. The molecule has 3 rings (SSSR count). The summed E-state index contributed by atoms with van der Waals surface area (Å²) in [5, 5.41) is 0. The maximum atomic E-state index is 3.51. The summed E-state index contributed by atoms with van der Waals surface area (Å²) in [5.74, 6) is 0. The molecule has 3 aromatic rings. The Morgan fingerprint density at radius 2 is 1.27 bits per heavy atom. The van der Waals surface area contributed by atoms with E-state index in [1.165, 1.54) is 20.3 Å². The second-order valence-corrected chi connectivity index (χ2v) is 7.22. The average Bonchev–Trinajstić information content (AvgIpc) is 3.02. The van der Waals surface area contributed by atoms with Gasteiger partial charge in [-0.3, -0.25) is 0 Å². The van der Waals surface area contributed by atoms with Gasteiger partial charge in [0.05, 0.1) is 0 Å². The van der Waals surface area contributed by atoms with Crippen LogP contribution in [-0.4, -0.2) is 34.0 Å². The summed E-state index contributed by atoms with van der Waals surface area (Å²) in [6.45, 7) is 0. The summed E-state index contributed by atoms with van der Waals surface area (Å²) in [5.41, 5.74) is 2.58. The SMILES string of the molecule is c1c[se]c(-c2ccc(-c3ccc[se]3)[nH]2)c1. The Balaban J connectivity index is 2.02. The van der Waals surface area contributed by atoms with Crippen LogP contribution >= 0.6 is 0 Å². The molecule has 1 N–H and O–H groups in total. The fourth-order valence-electron chi connectivity index (χ4n) is 1.55. The molecule has 0 aliphatic rings. The van der Waals surface area contributed by atoms with Gasteiger partial charge in [-0.05, 0) is 0 Å². The first kappa shape index (κ1) is 9.50. The third kappa shape index (κ3) is 1.84. The molecule has 0 bridgehead atoms. The normalized spacial score (nSPS) is 10.7. The zero-order chi connectivity index (χ0) is 10.1. The van der Waals surface area contributed by atoms with Crippen LogP contribution in [0.2, 0.25) is 0 Å². The molecule has 3 heteroatoms. The third-order valence-corrected chi connectivity index (χ3v) is 6.05. The first-order valence-corrected chi connectivity index (χ1v) is 8.39. The summed E-state index contributed by atoms with van der Waals surface area (Å²) >= 11 is 1.05. The molecule has 0 saturated heterocycles. The van der Waals surface area contributed by atoms with Gasteiger partial charge in [0.2, 0.25) is 0 Å². The maximum absolute atomic E-state index is 3.51. The van der Waals surface area contributed by atoms with Gasteiger partial charge in [-0.15, -0.1) is 0 Å². The van der Waals surface area contributed by atoms with E-state index in [2.05, 4.69) is 51.3 Å². The van der Waals surface area contributed by atoms with Crippen LogP contribution in [-0.2, 0) is 0 Å². The Labute approximate surface area is 100 Å². The number of rotatable bonds is 2. The van der Waals surface area contributed by atoms with E-state index in [-0.39, 0.29) is 0 Å². The van der Waals surface area contributed by atoms with E-state index in [1.807, 2.05) is 0 Å². The second-order valence-electron chi connectivity index (χ2n) is 3.24. The van der Waals surface area contributed by atoms with E-state index in [9.17, 15) is 0 Å². The number of hydrogen-bond acceptors (Lipinski definition) is 0. The van der Waals surface area contributed by atoms with Crippen molar-refractivity contribution in [1.82, 2.24) is 4.98 Å². The predicted molar refractivity (Wildman–Crippen MR) is 65.5 cm³/mol. The van der Waals surface area contributed by atoms with Gasteiger partial charge >= 0.3 is 101 Å². The van der Waals surface area contributed by atoms with Crippen LogP contribution < -0.4 is 0 Å². The van der Waals surface area contributed by atoms with Crippen molar-refractivity contribution in [1.29, 1.82) is 0 Å². The third-order valence-electron chi connectivity index (χ3n) is 2.26. The van der Waals surface area contributed by atoms with Crippen molar-refractivity contribution in [3.8, 4) is 20.3 Å². The molecule has 0 aromatic carbocycles. The van der Waals surface area contributed by atoms with Gasteiger partial charge in [0.15, 0.2) is 0 Å². The molecule has 3 heterocycles. The molecule has 3 aromatic heterocycles. The Bertz CT molecular complexity index is 483. The molecule has 0 amide bonds. The zero-order valence-corrected chi connectivity index (χ0v) is 11.4. The summed E-state index contributed by atoms with van der Waals surface area (Å²) in [4.78, 5) is 8.02. The van der Waals surface area contributed by atoms with Crippen molar-refractivity contribution in [2.45, 2.75) is 0 Å². The molecule has 0 aliphatic carbocycles. The quantitative estimate of drug-likeness (QED) is 0.697. The van der Waals surface area contributed by atoms with Crippen LogP contribution in [0.15, 0.2) is 46.3 Å². The molecule has 0 radical (unpaired) electrons. The van der Waals surface area contributed by atoms with E-state index in [1.54, 1.807) is 0 Å². The standard InChI is InChI=1S/C12H9NSe2/c1-3-11(14-7-1)9-5-6-10(13-9)12-4-2-8-15-12/h1-8,13H. The van der Waals surface area contributed by atoms with Crippen LogP contribution in [0.4, 0.5) is 0 Å². The number of H-pyrrole nitrogens is 1. The van der Waals surface area contributed by atoms with Crippen LogP contribution in [0.3, 0.4) is 0 Å². The van der Waals surface area contributed by atoms with Crippen molar-refractivity contribution in [3.05, 3.63) is 46.3 Å². The summed E-state index contributed by atoms with van der Waals surface area (Å²) in [7, 11) is 0. The van der Waals surface area contributed by atoms with Gasteiger partial charge < -0.3 is 0 Å². The van der Waals surface area contributed by atoms with E-state index >= 15 is 0 Å².